The average Bonchev–Trinajstić information content (AvgIpc) is 2.59. The molecule has 1 aromatic carbocycles. The van der Waals surface area contributed by atoms with Crippen LogP contribution in [0.25, 0.3) is 10.9 Å². The summed E-state index contributed by atoms with van der Waals surface area (Å²) in [6.07, 6.45) is 0. The van der Waals surface area contributed by atoms with Gasteiger partial charge >= 0.3 is 7.12 Å². The quantitative estimate of drug-likeness (QED) is 0.601. The van der Waals surface area contributed by atoms with Crippen LogP contribution in [0.2, 0.25) is 0 Å². The van der Waals surface area contributed by atoms with Gasteiger partial charge < -0.3 is 15.0 Å². The predicted molar refractivity (Wildman–Crippen MR) is 52.9 cm³/mol. The zero-order chi connectivity index (χ0) is 10.1. The first-order valence-corrected chi connectivity index (χ1v) is 4.24. The number of rotatable bonds is 2. The Hall–Kier alpha value is -1.33. The molecule has 1 heterocycles. The Morgan fingerprint density at radius 2 is 2.07 bits per heavy atom. The van der Waals surface area contributed by atoms with Crippen LogP contribution in [0.1, 0.15) is 5.56 Å². The molecule has 3 nitrogen and oxygen atoms in total. The second-order valence-corrected chi connectivity index (χ2v) is 3.15. The summed E-state index contributed by atoms with van der Waals surface area (Å²) < 4.78 is 12.3. The monoisotopic (exact) mass is 193 g/mol. The van der Waals surface area contributed by atoms with Crippen molar-refractivity contribution in [3.63, 3.8) is 0 Å². The van der Waals surface area contributed by atoms with Crippen molar-refractivity contribution in [3.05, 3.63) is 29.8 Å². The van der Waals surface area contributed by atoms with Crippen molar-refractivity contribution in [2.24, 2.45) is 0 Å². The maximum atomic E-state index is 12.3. The number of aromatic nitrogens is 1. The van der Waals surface area contributed by atoms with Crippen molar-refractivity contribution in [2.45, 2.75) is 6.67 Å². The van der Waals surface area contributed by atoms with Crippen LogP contribution in [0, 0.1) is 0 Å². The zero-order valence-electron chi connectivity index (χ0n) is 7.37. The highest BCUT2D eigenvalue weighted by Gasteiger charge is 2.13. The van der Waals surface area contributed by atoms with Crippen LogP contribution >= 0.6 is 0 Å². The number of hydrogen-bond acceptors (Lipinski definition) is 2. The Bertz CT molecular complexity index is 455. The fourth-order valence-corrected chi connectivity index (χ4v) is 1.42. The summed E-state index contributed by atoms with van der Waals surface area (Å²) in [6.45, 7) is -0.522. The van der Waals surface area contributed by atoms with Crippen molar-refractivity contribution in [1.29, 1.82) is 0 Å². The third-order valence-electron chi connectivity index (χ3n) is 2.14. The molecule has 72 valence electrons. The van der Waals surface area contributed by atoms with Crippen molar-refractivity contribution < 1.29 is 14.4 Å². The van der Waals surface area contributed by atoms with Crippen LogP contribution in [-0.4, -0.2) is 22.2 Å². The molecule has 0 bridgehead atoms. The molecule has 0 unspecified atom stereocenters. The lowest BCUT2D eigenvalue weighted by Gasteiger charge is -1.93. The normalized spacial score (nSPS) is 10.8. The number of nitrogens with one attached hydrogen (secondary N) is 1. The van der Waals surface area contributed by atoms with Crippen LogP contribution in [0.5, 0.6) is 0 Å². The largest absolute Gasteiger partial charge is 0.505 e. The van der Waals surface area contributed by atoms with Crippen molar-refractivity contribution in [2.75, 3.05) is 0 Å². The molecule has 0 saturated heterocycles. The Balaban J connectivity index is 2.54. The predicted octanol–water partition coefficient (Wildman–Crippen LogP) is 0.317. The van der Waals surface area contributed by atoms with Gasteiger partial charge in [0.05, 0.1) is 0 Å². The van der Waals surface area contributed by atoms with E-state index in [-0.39, 0.29) is 0 Å². The lowest BCUT2D eigenvalue weighted by molar-refractivity contribution is 0.424. The molecule has 14 heavy (non-hydrogen) atoms. The van der Waals surface area contributed by atoms with E-state index in [4.69, 9.17) is 10.0 Å². The van der Waals surface area contributed by atoms with Crippen LogP contribution in [-0.2, 0) is 6.67 Å². The maximum Gasteiger partial charge on any atom is 0.505 e. The fraction of sp³-hybridized carbons (Fsp3) is 0.111. The van der Waals surface area contributed by atoms with Crippen LogP contribution in [0.4, 0.5) is 4.39 Å². The van der Waals surface area contributed by atoms with Gasteiger partial charge in [-0.15, -0.1) is 0 Å². The van der Waals surface area contributed by atoms with Gasteiger partial charge in [-0.3, -0.25) is 0 Å². The highest BCUT2D eigenvalue weighted by Crippen LogP contribution is 2.14. The molecule has 3 N–H and O–H groups in total. The maximum absolute atomic E-state index is 12.3. The Kier molecular flexibility index (Phi) is 2.27. The van der Waals surface area contributed by atoms with E-state index in [9.17, 15) is 4.39 Å². The summed E-state index contributed by atoms with van der Waals surface area (Å²) in [4.78, 5) is 2.80. The summed E-state index contributed by atoms with van der Waals surface area (Å²) in [5.74, 6) is 0. The van der Waals surface area contributed by atoms with E-state index >= 15 is 0 Å². The number of fused-ring (bicyclic) bond motifs is 1. The Morgan fingerprint density at radius 3 is 2.71 bits per heavy atom. The van der Waals surface area contributed by atoms with Gasteiger partial charge in [0, 0.05) is 11.1 Å². The molecule has 0 amide bonds. The summed E-state index contributed by atoms with van der Waals surface area (Å²) in [5, 5.41) is 18.6. The lowest BCUT2D eigenvalue weighted by Crippen LogP contribution is -2.30. The number of H-pyrrole nitrogens is 1. The minimum atomic E-state index is -1.52. The number of alkyl halides is 1. The molecule has 0 atom stereocenters. The molecule has 0 fully saturated rings. The number of halogens is 1. The Morgan fingerprint density at radius 1 is 1.29 bits per heavy atom. The Labute approximate surface area is 80.3 Å². The number of benzene rings is 1. The van der Waals surface area contributed by atoms with Crippen molar-refractivity contribution in [3.8, 4) is 0 Å². The van der Waals surface area contributed by atoms with Crippen molar-refractivity contribution in [1.82, 2.24) is 4.98 Å². The number of hydrogen-bond donors (Lipinski definition) is 3. The molecule has 2 rings (SSSR count). The summed E-state index contributed by atoms with van der Waals surface area (Å²) >= 11 is 0. The van der Waals surface area contributed by atoms with Crippen molar-refractivity contribution >= 4 is 23.6 Å². The number of aromatic amines is 1. The lowest BCUT2D eigenvalue weighted by atomic mass is 9.86. The molecule has 2 aromatic rings. The van der Waals surface area contributed by atoms with Gasteiger partial charge in [-0.05, 0) is 23.1 Å². The average molecular weight is 193 g/mol. The third kappa shape index (κ3) is 1.52. The zero-order valence-corrected chi connectivity index (χ0v) is 7.37. The molecule has 1 aromatic heterocycles. The van der Waals surface area contributed by atoms with E-state index < -0.39 is 13.8 Å². The minimum Gasteiger partial charge on any atom is -0.422 e. The van der Waals surface area contributed by atoms with E-state index in [1.807, 2.05) is 0 Å². The van der Waals surface area contributed by atoms with E-state index in [1.165, 1.54) is 0 Å². The molecule has 0 aliphatic carbocycles. The van der Waals surface area contributed by atoms with Crippen LogP contribution in [0.3, 0.4) is 0 Å². The molecular formula is C9H9BFNO2. The molecular weight excluding hydrogens is 184 g/mol. The van der Waals surface area contributed by atoms with E-state index in [0.717, 1.165) is 5.39 Å². The minimum absolute atomic E-state index is 0.316. The molecule has 0 saturated carbocycles. The SMILES string of the molecule is OB(O)c1cc2ccc(CF)cc2[nH]1. The standard InChI is InChI=1S/C9H9BFNO2/c11-5-6-1-2-7-4-9(10(13)14)12-8(7)3-6/h1-4,12-14H,5H2. The molecule has 0 spiro atoms. The van der Waals surface area contributed by atoms with Gasteiger partial charge in [-0.25, -0.2) is 4.39 Å². The third-order valence-corrected chi connectivity index (χ3v) is 2.14. The molecule has 0 aliphatic heterocycles. The smallest absolute Gasteiger partial charge is 0.422 e. The van der Waals surface area contributed by atoms with Crippen LogP contribution < -0.4 is 5.59 Å². The first-order chi connectivity index (χ1) is 6.70. The second-order valence-electron chi connectivity index (χ2n) is 3.15. The highest BCUT2D eigenvalue weighted by atomic mass is 19.1. The van der Waals surface area contributed by atoms with E-state index in [0.29, 0.717) is 16.7 Å². The summed E-state index contributed by atoms with van der Waals surface area (Å²) in [7, 11) is -1.52. The van der Waals surface area contributed by atoms with E-state index in [2.05, 4.69) is 4.98 Å². The first-order valence-electron chi connectivity index (χ1n) is 4.24. The van der Waals surface area contributed by atoms with Gasteiger partial charge in [-0.2, -0.15) is 0 Å². The van der Waals surface area contributed by atoms with Gasteiger partial charge in [-0.1, -0.05) is 12.1 Å². The van der Waals surface area contributed by atoms with Gasteiger partial charge in [0.25, 0.3) is 0 Å². The topological polar surface area (TPSA) is 56.2 Å². The molecule has 0 radical (unpaired) electrons. The van der Waals surface area contributed by atoms with Crippen LogP contribution in [0.15, 0.2) is 24.3 Å². The molecule has 5 heteroatoms. The second kappa shape index (κ2) is 3.44. The van der Waals surface area contributed by atoms with Gasteiger partial charge in [0.15, 0.2) is 0 Å². The fourth-order valence-electron chi connectivity index (χ4n) is 1.42. The van der Waals surface area contributed by atoms with E-state index in [1.54, 1.807) is 24.3 Å². The summed E-state index contributed by atoms with van der Waals surface area (Å²) in [5.41, 5.74) is 1.59. The summed E-state index contributed by atoms with van der Waals surface area (Å²) in [6, 6.07) is 6.69. The van der Waals surface area contributed by atoms with Gasteiger partial charge in [0.1, 0.15) is 6.67 Å². The first kappa shape index (κ1) is 9.24. The highest BCUT2D eigenvalue weighted by molar-refractivity contribution is 6.58. The van der Waals surface area contributed by atoms with Gasteiger partial charge in [0.2, 0.25) is 0 Å². The molecule has 0 aliphatic rings.